The van der Waals surface area contributed by atoms with E-state index in [4.69, 9.17) is 9.15 Å². The SMILES string of the molecule is CNC(=O)c1ccccc1OCCCc1nnc(C)o1. The Balaban J connectivity index is 1.86. The molecule has 1 aromatic carbocycles. The summed E-state index contributed by atoms with van der Waals surface area (Å²) in [5.41, 5.74) is 0.531. The second-order valence-electron chi connectivity index (χ2n) is 4.24. The van der Waals surface area contributed by atoms with Crippen molar-refractivity contribution in [2.45, 2.75) is 19.8 Å². The monoisotopic (exact) mass is 275 g/mol. The van der Waals surface area contributed by atoms with Gasteiger partial charge in [0.2, 0.25) is 11.8 Å². The van der Waals surface area contributed by atoms with Crippen LogP contribution in [0.2, 0.25) is 0 Å². The van der Waals surface area contributed by atoms with Gasteiger partial charge in [0, 0.05) is 20.4 Å². The molecule has 106 valence electrons. The lowest BCUT2D eigenvalue weighted by Gasteiger charge is -2.09. The van der Waals surface area contributed by atoms with E-state index in [9.17, 15) is 4.79 Å². The second-order valence-corrected chi connectivity index (χ2v) is 4.24. The van der Waals surface area contributed by atoms with E-state index in [2.05, 4.69) is 15.5 Å². The molecule has 1 amide bonds. The molecule has 6 nitrogen and oxygen atoms in total. The molecule has 0 aliphatic rings. The minimum atomic E-state index is -0.159. The Kier molecular flexibility index (Phi) is 4.70. The lowest BCUT2D eigenvalue weighted by molar-refractivity contribution is 0.0959. The maximum Gasteiger partial charge on any atom is 0.254 e. The molecule has 0 spiro atoms. The highest BCUT2D eigenvalue weighted by Gasteiger charge is 2.10. The maximum atomic E-state index is 11.7. The number of hydrogen-bond donors (Lipinski definition) is 1. The molecule has 0 unspecified atom stereocenters. The number of carbonyl (C=O) groups excluding carboxylic acids is 1. The first-order valence-corrected chi connectivity index (χ1v) is 6.43. The van der Waals surface area contributed by atoms with Crippen molar-refractivity contribution in [2.24, 2.45) is 0 Å². The third-order valence-electron chi connectivity index (χ3n) is 2.72. The number of rotatable bonds is 6. The van der Waals surface area contributed by atoms with Gasteiger partial charge in [0.05, 0.1) is 12.2 Å². The summed E-state index contributed by atoms with van der Waals surface area (Å²) in [5, 5.41) is 10.3. The molecule has 0 atom stereocenters. The molecule has 0 fully saturated rings. The molecule has 0 saturated heterocycles. The lowest BCUT2D eigenvalue weighted by atomic mass is 10.2. The maximum absolute atomic E-state index is 11.7. The number of para-hydroxylation sites is 1. The molecule has 1 heterocycles. The van der Waals surface area contributed by atoms with Gasteiger partial charge >= 0.3 is 0 Å². The summed E-state index contributed by atoms with van der Waals surface area (Å²) in [6.45, 7) is 2.24. The van der Waals surface area contributed by atoms with Crippen molar-refractivity contribution in [3.05, 3.63) is 41.6 Å². The Hall–Kier alpha value is -2.37. The van der Waals surface area contributed by atoms with Crippen molar-refractivity contribution >= 4 is 5.91 Å². The summed E-state index contributed by atoms with van der Waals surface area (Å²) in [5.74, 6) is 1.58. The Morgan fingerprint density at radius 3 is 2.85 bits per heavy atom. The van der Waals surface area contributed by atoms with Gasteiger partial charge in [-0.25, -0.2) is 0 Å². The Morgan fingerprint density at radius 1 is 1.35 bits per heavy atom. The first kappa shape index (κ1) is 14.0. The van der Waals surface area contributed by atoms with Crippen molar-refractivity contribution < 1.29 is 13.9 Å². The van der Waals surface area contributed by atoms with E-state index in [0.29, 0.717) is 36.1 Å². The van der Waals surface area contributed by atoms with Crippen LogP contribution in [0.25, 0.3) is 0 Å². The predicted molar refractivity (Wildman–Crippen MR) is 72.7 cm³/mol. The van der Waals surface area contributed by atoms with E-state index in [-0.39, 0.29) is 5.91 Å². The third-order valence-corrected chi connectivity index (χ3v) is 2.72. The number of hydrogen-bond acceptors (Lipinski definition) is 5. The molecule has 20 heavy (non-hydrogen) atoms. The quantitative estimate of drug-likeness (QED) is 0.813. The van der Waals surface area contributed by atoms with Crippen LogP contribution in [0.5, 0.6) is 5.75 Å². The Bertz CT molecular complexity index is 581. The predicted octanol–water partition coefficient (Wildman–Crippen LogP) is 1.75. The molecule has 0 saturated carbocycles. The van der Waals surface area contributed by atoms with Crippen molar-refractivity contribution in [2.75, 3.05) is 13.7 Å². The topological polar surface area (TPSA) is 77.2 Å². The van der Waals surface area contributed by atoms with Crippen LogP contribution in [0.3, 0.4) is 0 Å². The number of nitrogens with zero attached hydrogens (tertiary/aromatic N) is 2. The minimum Gasteiger partial charge on any atom is -0.493 e. The molecule has 6 heteroatoms. The van der Waals surface area contributed by atoms with E-state index in [1.165, 1.54) is 0 Å². The van der Waals surface area contributed by atoms with Gasteiger partial charge < -0.3 is 14.5 Å². The summed E-state index contributed by atoms with van der Waals surface area (Å²) in [7, 11) is 1.59. The van der Waals surface area contributed by atoms with Crippen LogP contribution in [0.15, 0.2) is 28.7 Å². The molecular weight excluding hydrogens is 258 g/mol. The Morgan fingerprint density at radius 2 is 2.15 bits per heavy atom. The molecule has 2 rings (SSSR count). The normalized spacial score (nSPS) is 10.3. The molecule has 0 radical (unpaired) electrons. The number of amides is 1. The van der Waals surface area contributed by atoms with Crippen molar-refractivity contribution in [1.82, 2.24) is 15.5 Å². The molecule has 1 N–H and O–H groups in total. The molecule has 0 aliphatic carbocycles. The van der Waals surface area contributed by atoms with Gasteiger partial charge in [-0.2, -0.15) is 0 Å². The molecule has 0 bridgehead atoms. The van der Waals surface area contributed by atoms with E-state index >= 15 is 0 Å². The zero-order chi connectivity index (χ0) is 14.4. The van der Waals surface area contributed by atoms with Gasteiger partial charge in [0.25, 0.3) is 5.91 Å². The summed E-state index contributed by atoms with van der Waals surface area (Å²) in [6.07, 6.45) is 1.40. The van der Waals surface area contributed by atoms with Crippen LogP contribution in [0.4, 0.5) is 0 Å². The fourth-order valence-corrected chi connectivity index (χ4v) is 1.76. The average molecular weight is 275 g/mol. The standard InChI is InChI=1S/C14H17N3O3/c1-10-16-17-13(20-10)8-5-9-19-12-7-4-3-6-11(12)14(18)15-2/h3-4,6-7H,5,8-9H2,1-2H3,(H,15,18). The van der Waals surface area contributed by atoms with Gasteiger partial charge in [-0.05, 0) is 18.6 Å². The van der Waals surface area contributed by atoms with E-state index in [0.717, 1.165) is 6.42 Å². The smallest absolute Gasteiger partial charge is 0.254 e. The number of aryl methyl sites for hydroxylation is 2. The molecular formula is C14H17N3O3. The zero-order valence-electron chi connectivity index (χ0n) is 11.5. The first-order chi connectivity index (χ1) is 9.70. The number of nitrogens with one attached hydrogen (secondary N) is 1. The average Bonchev–Trinajstić information content (AvgIpc) is 2.89. The van der Waals surface area contributed by atoms with E-state index < -0.39 is 0 Å². The third kappa shape index (κ3) is 3.57. The minimum absolute atomic E-state index is 0.159. The number of ether oxygens (including phenoxy) is 1. The van der Waals surface area contributed by atoms with Crippen LogP contribution in [0.1, 0.15) is 28.6 Å². The van der Waals surface area contributed by atoms with Gasteiger partial charge in [-0.15, -0.1) is 10.2 Å². The second kappa shape index (κ2) is 6.70. The van der Waals surface area contributed by atoms with Gasteiger partial charge in [-0.3, -0.25) is 4.79 Å². The van der Waals surface area contributed by atoms with Crippen LogP contribution in [-0.4, -0.2) is 29.8 Å². The molecule has 2 aromatic rings. The summed E-state index contributed by atoms with van der Waals surface area (Å²) < 4.78 is 10.9. The summed E-state index contributed by atoms with van der Waals surface area (Å²) >= 11 is 0. The van der Waals surface area contributed by atoms with Gasteiger partial charge in [0.1, 0.15) is 5.75 Å². The van der Waals surface area contributed by atoms with Crippen LogP contribution < -0.4 is 10.1 Å². The van der Waals surface area contributed by atoms with Crippen molar-refractivity contribution in [3.8, 4) is 5.75 Å². The molecule has 0 aliphatic heterocycles. The largest absolute Gasteiger partial charge is 0.493 e. The fraction of sp³-hybridized carbons (Fsp3) is 0.357. The fourth-order valence-electron chi connectivity index (χ4n) is 1.76. The summed E-state index contributed by atoms with van der Waals surface area (Å²) in [4.78, 5) is 11.7. The highest BCUT2D eigenvalue weighted by atomic mass is 16.5. The van der Waals surface area contributed by atoms with Gasteiger partial charge in [-0.1, -0.05) is 12.1 Å². The van der Waals surface area contributed by atoms with Crippen LogP contribution >= 0.6 is 0 Å². The highest BCUT2D eigenvalue weighted by molar-refractivity contribution is 5.96. The van der Waals surface area contributed by atoms with E-state index in [1.54, 1.807) is 32.2 Å². The number of aromatic nitrogens is 2. The summed E-state index contributed by atoms with van der Waals surface area (Å²) in [6, 6.07) is 7.15. The van der Waals surface area contributed by atoms with Crippen LogP contribution in [0, 0.1) is 6.92 Å². The van der Waals surface area contributed by atoms with E-state index in [1.807, 2.05) is 6.07 Å². The van der Waals surface area contributed by atoms with Crippen LogP contribution in [-0.2, 0) is 6.42 Å². The number of benzene rings is 1. The first-order valence-electron chi connectivity index (χ1n) is 6.43. The van der Waals surface area contributed by atoms with Crippen molar-refractivity contribution in [3.63, 3.8) is 0 Å². The highest BCUT2D eigenvalue weighted by Crippen LogP contribution is 2.18. The number of carbonyl (C=O) groups is 1. The molecule has 1 aromatic heterocycles. The lowest BCUT2D eigenvalue weighted by Crippen LogP contribution is -2.19. The Labute approximate surface area is 117 Å². The zero-order valence-corrected chi connectivity index (χ0v) is 11.5. The van der Waals surface area contributed by atoms with Crippen molar-refractivity contribution in [1.29, 1.82) is 0 Å². The van der Waals surface area contributed by atoms with Gasteiger partial charge in [0.15, 0.2) is 0 Å².